The number of hydrogen-bond acceptors (Lipinski definition) is 5. The van der Waals surface area contributed by atoms with Gasteiger partial charge in [-0.05, 0) is 30.4 Å². The molecule has 174 valence electrons. The van der Waals surface area contributed by atoms with Crippen LogP contribution in [0.15, 0.2) is 65.2 Å². The molecule has 5 rings (SSSR count). The summed E-state index contributed by atoms with van der Waals surface area (Å²) in [6.45, 7) is 0.198. The Labute approximate surface area is 197 Å². The predicted molar refractivity (Wildman–Crippen MR) is 125 cm³/mol. The quantitative estimate of drug-likeness (QED) is 0.549. The second-order valence-corrected chi connectivity index (χ2v) is 8.85. The average molecular weight is 459 g/mol. The molecule has 8 heteroatoms. The number of nitrogens with zero attached hydrogens (tertiary/aromatic N) is 3. The van der Waals surface area contributed by atoms with Gasteiger partial charge in [-0.2, -0.15) is 0 Å². The molecular weight excluding hydrogens is 432 g/mol. The fraction of sp³-hybridized carbons (Fsp3) is 0.308. The van der Waals surface area contributed by atoms with Crippen LogP contribution in [-0.2, 0) is 28.0 Å². The van der Waals surface area contributed by atoms with Crippen molar-refractivity contribution in [3.05, 3.63) is 77.6 Å². The van der Waals surface area contributed by atoms with E-state index >= 15 is 0 Å². The highest BCUT2D eigenvalue weighted by Gasteiger charge is 2.55. The van der Waals surface area contributed by atoms with Crippen LogP contribution in [0.5, 0.6) is 0 Å². The van der Waals surface area contributed by atoms with E-state index in [9.17, 15) is 14.4 Å². The van der Waals surface area contributed by atoms with Gasteiger partial charge in [0.25, 0.3) is 5.91 Å². The van der Waals surface area contributed by atoms with Gasteiger partial charge in [0.1, 0.15) is 23.5 Å². The van der Waals surface area contributed by atoms with Crippen LogP contribution >= 0.6 is 0 Å². The van der Waals surface area contributed by atoms with Gasteiger partial charge in [0.05, 0.1) is 0 Å². The fourth-order valence-corrected chi connectivity index (χ4v) is 4.78. The van der Waals surface area contributed by atoms with Crippen molar-refractivity contribution >= 4 is 17.8 Å². The molecule has 1 fully saturated rings. The fourth-order valence-electron chi connectivity index (χ4n) is 4.78. The van der Waals surface area contributed by atoms with E-state index in [0.29, 0.717) is 25.8 Å². The van der Waals surface area contributed by atoms with E-state index in [4.69, 9.17) is 4.52 Å². The lowest BCUT2D eigenvalue weighted by Gasteiger charge is -2.23. The summed E-state index contributed by atoms with van der Waals surface area (Å²) >= 11 is 0. The third-order valence-electron chi connectivity index (χ3n) is 6.69. The molecular formula is C26H26N4O4. The van der Waals surface area contributed by atoms with Gasteiger partial charge < -0.3 is 14.7 Å². The lowest BCUT2D eigenvalue weighted by atomic mass is 9.92. The van der Waals surface area contributed by atoms with E-state index in [1.807, 2.05) is 60.7 Å². The van der Waals surface area contributed by atoms with Crippen molar-refractivity contribution < 1.29 is 18.9 Å². The molecule has 0 saturated carbocycles. The molecule has 1 saturated heterocycles. The van der Waals surface area contributed by atoms with Gasteiger partial charge in [-0.1, -0.05) is 59.8 Å². The van der Waals surface area contributed by atoms with Crippen molar-refractivity contribution in [1.29, 1.82) is 0 Å². The van der Waals surface area contributed by atoms with Gasteiger partial charge in [0.15, 0.2) is 0 Å². The number of benzene rings is 2. The number of aryl methyl sites for hydroxylation is 2. The van der Waals surface area contributed by atoms with Crippen LogP contribution in [0, 0.1) is 0 Å². The third kappa shape index (κ3) is 3.85. The summed E-state index contributed by atoms with van der Waals surface area (Å²) in [5, 5.41) is 6.97. The van der Waals surface area contributed by atoms with E-state index < -0.39 is 11.6 Å². The molecule has 1 N–H and O–H groups in total. The van der Waals surface area contributed by atoms with Crippen molar-refractivity contribution in [3.8, 4) is 11.3 Å². The summed E-state index contributed by atoms with van der Waals surface area (Å²) in [5.74, 6) is 0.115. The summed E-state index contributed by atoms with van der Waals surface area (Å²) in [6, 6.07) is 18.8. The molecule has 1 unspecified atom stereocenters. The molecule has 1 aliphatic carbocycles. The molecule has 1 spiro atoms. The highest BCUT2D eigenvalue weighted by molar-refractivity contribution is 6.09. The topological polar surface area (TPSA) is 95.8 Å². The number of hydrogen-bond donors (Lipinski definition) is 1. The van der Waals surface area contributed by atoms with Crippen LogP contribution < -0.4 is 5.32 Å². The van der Waals surface area contributed by atoms with Gasteiger partial charge in [-0.3, -0.25) is 14.5 Å². The number of carbonyl (C=O) groups is 3. The minimum atomic E-state index is -1.05. The monoisotopic (exact) mass is 458 g/mol. The first-order chi connectivity index (χ1) is 16.5. The number of amides is 4. The number of likely N-dealkylation sites (N-methyl/N-ethyl adjacent to an activating group) is 1. The Balaban J connectivity index is 1.16. The molecule has 3 aromatic rings. The number of carbonyl (C=O) groups excluding carboxylic acids is 3. The molecule has 34 heavy (non-hydrogen) atoms. The Morgan fingerprint density at radius 2 is 1.91 bits per heavy atom. The molecule has 1 aromatic heterocycles. The smallest absolute Gasteiger partial charge is 0.325 e. The van der Waals surface area contributed by atoms with Gasteiger partial charge in [0, 0.05) is 31.6 Å². The second kappa shape index (κ2) is 8.78. The van der Waals surface area contributed by atoms with Gasteiger partial charge in [-0.15, -0.1) is 0 Å². The first kappa shape index (κ1) is 21.9. The van der Waals surface area contributed by atoms with Crippen molar-refractivity contribution in [3.63, 3.8) is 0 Å². The zero-order chi connectivity index (χ0) is 23.7. The Hall–Kier alpha value is -3.94. The Bertz CT molecular complexity index is 1240. The second-order valence-electron chi connectivity index (χ2n) is 8.85. The normalized spacial score (nSPS) is 18.9. The van der Waals surface area contributed by atoms with Crippen LogP contribution in [-0.4, -0.2) is 52.9 Å². The van der Waals surface area contributed by atoms with E-state index in [-0.39, 0.29) is 18.4 Å². The molecule has 0 bridgehead atoms. The Morgan fingerprint density at radius 1 is 1.15 bits per heavy atom. The maximum absolute atomic E-state index is 13.2. The van der Waals surface area contributed by atoms with Crippen LogP contribution in [0.1, 0.15) is 29.7 Å². The maximum atomic E-state index is 13.2. The first-order valence-corrected chi connectivity index (χ1v) is 11.5. The average Bonchev–Trinajstić information content (AvgIpc) is 3.54. The number of aromatic nitrogens is 1. The molecule has 2 aliphatic rings. The number of urea groups is 1. The van der Waals surface area contributed by atoms with E-state index in [1.54, 1.807) is 11.9 Å². The summed E-state index contributed by atoms with van der Waals surface area (Å²) in [5.41, 5.74) is 2.61. The lowest BCUT2D eigenvalue weighted by molar-refractivity contribution is -0.138. The predicted octanol–water partition coefficient (Wildman–Crippen LogP) is 3.13. The Morgan fingerprint density at radius 3 is 2.74 bits per heavy atom. The minimum Gasteiger partial charge on any atom is -0.361 e. The number of rotatable bonds is 7. The van der Waals surface area contributed by atoms with Crippen LogP contribution in [0.25, 0.3) is 11.3 Å². The number of nitrogens with one attached hydrogen (secondary N) is 1. The summed E-state index contributed by atoms with van der Waals surface area (Å²) in [7, 11) is 1.68. The first-order valence-electron chi connectivity index (χ1n) is 11.5. The number of imide groups is 1. The summed E-state index contributed by atoms with van der Waals surface area (Å²) in [6.07, 6.45) is 2.53. The van der Waals surface area contributed by atoms with Crippen LogP contribution in [0.4, 0.5) is 4.79 Å². The standard InChI is InChI=1S/C26H26N4O4/c1-29(15-7-11-20-16-22(28-34-20)19-9-3-2-4-10-19)23(31)17-30-24(32)26(27-25(30)33)14-13-18-8-5-6-12-21(18)26/h2-6,8-10,12,16H,7,11,13-15,17H2,1H3,(H,27,33). The number of fused-ring (bicyclic) bond motifs is 2. The maximum Gasteiger partial charge on any atom is 0.325 e. The Kier molecular flexibility index (Phi) is 5.65. The van der Waals surface area contributed by atoms with Crippen LogP contribution in [0.3, 0.4) is 0 Å². The third-order valence-corrected chi connectivity index (χ3v) is 6.69. The van der Waals surface area contributed by atoms with Crippen molar-refractivity contribution in [2.24, 2.45) is 0 Å². The van der Waals surface area contributed by atoms with Gasteiger partial charge >= 0.3 is 6.03 Å². The highest BCUT2D eigenvalue weighted by atomic mass is 16.5. The molecule has 4 amide bonds. The summed E-state index contributed by atoms with van der Waals surface area (Å²) in [4.78, 5) is 41.2. The largest absolute Gasteiger partial charge is 0.361 e. The zero-order valence-electron chi connectivity index (χ0n) is 19.0. The van der Waals surface area contributed by atoms with E-state index in [1.165, 1.54) is 0 Å². The molecule has 8 nitrogen and oxygen atoms in total. The van der Waals surface area contributed by atoms with Gasteiger partial charge in [-0.25, -0.2) is 4.79 Å². The lowest BCUT2D eigenvalue weighted by Crippen LogP contribution is -2.44. The van der Waals surface area contributed by atoms with Crippen molar-refractivity contribution in [1.82, 2.24) is 20.3 Å². The van der Waals surface area contributed by atoms with Crippen LogP contribution in [0.2, 0.25) is 0 Å². The molecule has 0 radical (unpaired) electrons. The molecule has 2 heterocycles. The van der Waals surface area contributed by atoms with E-state index in [0.717, 1.165) is 39.5 Å². The highest BCUT2D eigenvalue weighted by Crippen LogP contribution is 2.41. The van der Waals surface area contributed by atoms with E-state index in [2.05, 4.69) is 10.5 Å². The molecule has 1 atom stereocenters. The zero-order valence-corrected chi connectivity index (χ0v) is 19.0. The molecule has 1 aliphatic heterocycles. The molecule has 2 aromatic carbocycles. The van der Waals surface area contributed by atoms with Crippen molar-refractivity contribution in [2.75, 3.05) is 20.1 Å². The van der Waals surface area contributed by atoms with Crippen molar-refractivity contribution in [2.45, 2.75) is 31.2 Å². The minimum absolute atomic E-state index is 0.272. The van der Waals surface area contributed by atoms with Gasteiger partial charge in [0.2, 0.25) is 5.91 Å². The SMILES string of the molecule is CN(CCCc1cc(-c2ccccc2)no1)C(=O)CN1C(=O)NC2(CCc3ccccc32)C1=O. The summed E-state index contributed by atoms with van der Waals surface area (Å²) < 4.78 is 5.42.